The number of hydrogen-bond acceptors (Lipinski definition) is 5. The maximum atomic E-state index is 14.0. The minimum absolute atomic E-state index is 0.00698. The van der Waals surface area contributed by atoms with Gasteiger partial charge in [-0.1, -0.05) is 54.4 Å². The van der Waals surface area contributed by atoms with E-state index in [1.807, 2.05) is 20.8 Å². The molecule has 8 nitrogen and oxygen atoms in total. The molecule has 3 aromatic rings. The lowest BCUT2D eigenvalue weighted by molar-refractivity contribution is -0.139. The van der Waals surface area contributed by atoms with Crippen molar-refractivity contribution < 1.29 is 22.7 Å². The molecule has 0 aromatic heterocycles. The Kier molecular flexibility index (Phi) is 11.5. The van der Waals surface area contributed by atoms with Gasteiger partial charge in [0.15, 0.2) is 0 Å². The number of nitrogens with zero attached hydrogens (tertiary/aromatic N) is 2. The average molecular weight is 621 g/mol. The number of carbonyl (C=O) groups is 2. The number of hydrogen-bond donors (Lipinski definition) is 1. The lowest BCUT2D eigenvalue weighted by Gasteiger charge is -2.32. The number of sulfonamides is 1. The van der Waals surface area contributed by atoms with E-state index in [9.17, 15) is 18.0 Å². The van der Waals surface area contributed by atoms with E-state index in [2.05, 4.69) is 5.32 Å². The summed E-state index contributed by atoms with van der Waals surface area (Å²) >= 11 is 12.5. The third-order valence-electron chi connectivity index (χ3n) is 6.57. The Hall–Kier alpha value is -3.27. The van der Waals surface area contributed by atoms with E-state index in [1.165, 1.54) is 17.0 Å². The molecule has 3 aromatic carbocycles. The molecule has 0 bridgehead atoms. The minimum atomic E-state index is -4.18. The number of amides is 2. The van der Waals surface area contributed by atoms with Crippen molar-refractivity contribution in [3.63, 3.8) is 0 Å². The minimum Gasteiger partial charge on any atom is -0.494 e. The van der Waals surface area contributed by atoms with Crippen LogP contribution in [-0.2, 0) is 26.2 Å². The van der Waals surface area contributed by atoms with Crippen LogP contribution in [0.3, 0.4) is 0 Å². The molecule has 2 amide bonds. The molecular weight excluding hydrogens is 585 g/mol. The van der Waals surface area contributed by atoms with Crippen molar-refractivity contribution >= 4 is 50.7 Å². The lowest BCUT2D eigenvalue weighted by Crippen LogP contribution is -2.52. The summed E-state index contributed by atoms with van der Waals surface area (Å²) in [6, 6.07) is 18.2. The van der Waals surface area contributed by atoms with Gasteiger partial charge in [-0.3, -0.25) is 13.9 Å². The van der Waals surface area contributed by atoms with Gasteiger partial charge in [0.1, 0.15) is 18.3 Å². The summed E-state index contributed by atoms with van der Waals surface area (Å²) in [4.78, 5) is 28.4. The van der Waals surface area contributed by atoms with Crippen LogP contribution >= 0.6 is 23.2 Å². The zero-order valence-corrected chi connectivity index (χ0v) is 25.8. The van der Waals surface area contributed by atoms with Gasteiger partial charge in [-0.2, -0.15) is 0 Å². The normalized spacial score (nSPS) is 12.7. The number of carbonyl (C=O) groups excluding carboxylic acids is 2. The van der Waals surface area contributed by atoms with E-state index in [0.717, 1.165) is 4.31 Å². The third-order valence-corrected chi connectivity index (χ3v) is 8.94. The van der Waals surface area contributed by atoms with Crippen LogP contribution in [0.5, 0.6) is 5.75 Å². The lowest BCUT2D eigenvalue weighted by atomic mass is 10.1. The quantitative estimate of drug-likeness (QED) is 0.256. The van der Waals surface area contributed by atoms with Crippen LogP contribution in [0.15, 0.2) is 77.7 Å². The summed E-state index contributed by atoms with van der Waals surface area (Å²) < 4.78 is 34.3. The predicted molar refractivity (Wildman–Crippen MR) is 163 cm³/mol. The molecule has 0 spiro atoms. The van der Waals surface area contributed by atoms with Gasteiger partial charge >= 0.3 is 0 Å². The molecule has 0 saturated carbocycles. The van der Waals surface area contributed by atoms with Crippen LogP contribution in [0.4, 0.5) is 5.69 Å². The molecule has 11 heteroatoms. The predicted octanol–water partition coefficient (Wildman–Crippen LogP) is 5.92. The van der Waals surface area contributed by atoms with Gasteiger partial charge in [0.05, 0.1) is 17.2 Å². The second-order valence-electron chi connectivity index (χ2n) is 9.50. The zero-order valence-electron chi connectivity index (χ0n) is 23.5. The molecule has 0 aliphatic carbocycles. The number of halogens is 2. The number of ether oxygens (including phenoxy) is 1. The molecule has 2 atom stereocenters. The van der Waals surface area contributed by atoms with Gasteiger partial charge in [0.2, 0.25) is 11.8 Å². The van der Waals surface area contributed by atoms with Crippen molar-refractivity contribution in [3.8, 4) is 5.75 Å². The van der Waals surface area contributed by atoms with E-state index in [0.29, 0.717) is 40.1 Å². The smallest absolute Gasteiger partial charge is 0.264 e. The van der Waals surface area contributed by atoms with E-state index < -0.39 is 28.5 Å². The fraction of sp³-hybridized carbons (Fsp3) is 0.333. The van der Waals surface area contributed by atoms with Gasteiger partial charge in [-0.05, 0) is 81.3 Å². The van der Waals surface area contributed by atoms with Crippen molar-refractivity contribution in [3.05, 3.63) is 88.4 Å². The summed E-state index contributed by atoms with van der Waals surface area (Å²) in [6.45, 7) is 7.10. The number of anilines is 1. The summed E-state index contributed by atoms with van der Waals surface area (Å²) in [5.74, 6) is -0.416. The van der Waals surface area contributed by atoms with Crippen molar-refractivity contribution in [1.82, 2.24) is 10.2 Å². The SMILES string of the molecule is CCOc1ccc(S(=O)(=O)N(CC(=O)N(Cc2ccc(Cl)cc2Cl)[C@@H](C)C(=O)N[C@@H](C)CC)c2ccccc2)cc1. The summed E-state index contributed by atoms with van der Waals surface area (Å²) in [5.41, 5.74) is 0.865. The van der Waals surface area contributed by atoms with Gasteiger partial charge < -0.3 is 15.0 Å². The number of para-hydroxylation sites is 1. The van der Waals surface area contributed by atoms with Crippen LogP contribution < -0.4 is 14.4 Å². The Morgan fingerprint density at radius 1 is 0.951 bits per heavy atom. The monoisotopic (exact) mass is 619 g/mol. The van der Waals surface area contributed by atoms with Crippen LogP contribution in [0.2, 0.25) is 10.0 Å². The Labute approximate surface area is 252 Å². The van der Waals surface area contributed by atoms with Crippen LogP contribution in [0.1, 0.15) is 39.7 Å². The highest BCUT2D eigenvalue weighted by Gasteiger charge is 2.33. The van der Waals surface area contributed by atoms with Crippen LogP contribution in [-0.4, -0.2) is 50.4 Å². The first-order valence-electron chi connectivity index (χ1n) is 13.3. The molecule has 41 heavy (non-hydrogen) atoms. The average Bonchev–Trinajstić information content (AvgIpc) is 2.95. The summed E-state index contributed by atoms with van der Waals surface area (Å²) in [6.07, 6.45) is 0.706. The first kappa shape index (κ1) is 32.2. The molecule has 0 radical (unpaired) electrons. The second-order valence-corrected chi connectivity index (χ2v) is 12.2. The maximum absolute atomic E-state index is 14.0. The fourth-order valence-electron chi connectivity index (χ4n) is 4.01. The second kappa shape index (κ2) is 14.6. The van der Waals surface area contributed by atoms with Crippen molar-refractivity contribution in [2.75, 3.05) is 17.5 Å². The van der Waals surface area contributed by atoms with E-state index in [1.54, 1.807) is 67.6 Å². The fourth-order valence-corrected chi connectivity index (χ4v) is 5.89. The molecule has 0 saturated heterocycles. The third kappa shape index (κ3) is 8.38. The van der Waals surface area contributed by atoms with Crippen molar-refractivity contribution in [2.45, 2.75) is 57.6 Å². The molecule has 3 rings (SSSR count). The van der Waals surface area contributed by atoms with E-state index in [4.69, 9.17) is 27.9 Å². The molecule has 220 valence electrons. The topological polar surface area (TPSA) is 96.0 Å². The van der Waals surface area contributed by atoms with Crippen molar-refractivity contribution in [1.29, 1.82) is 0 Å². The van der Waals surface area contributed by atoms with Gasteiger partial charge in [0, 0.05) is 22.6 Å². The maximum Gasteiger partial charge on any atom is 0.264 e. The van der Waals surface area contributed by atoms with Crippen LogP contribution in [0.25, 0.3) is 0 Å². The molecule has 0 fully saturated rings. The first-order valence-corrected chi connectivity index (χ1v) is 15.5. The highest BCUT2D eigenvalue weighted by molar-refractivity contribution is 7.92. The molecule has 0 unspecified atom stereocenters. The standard InChI is InChI=1S/C30H35Cl2N3O5S/c1-5-21(3)33-30(37)22(4)34(19-23-12-13-24(31)18-28(23)32)29(36)20-35(25-10-8-7-9-11-25)41(38,39)27-16-14-26(15-17-27)40-6-2/h7-18,21-22H,5-6,19-20H2,1-4H3,(H,33,37)/t21-,22-/m0/s1. The van der Waals surface area contributed by atoms with Crippen molar-refractivity contribution in [2.24, 2.45) is 0 Å². The molecule has 0 aliphatic heterocycles. The highest BCUT2D eigenvalue weighted by Crippen LogP contribution is 2.27. The van der Waals surface area contributed by atoms with Crippen LogP contribution in [0, 0.1) is 0 Å². The molecule has 0 heterocycles. The molecular formula is C30H35Cl2N3O5S. The summed E-state index contributed by atoms with van der Waals surface area (Å²) in [7, 11) is -4.18. The molecule has 1 N–H and O–H groups in total. The Balaban J connectivity index is 2.01. The number of rotatable bonds is 13. The Morgan fingerprint density at radius 2 is 1.61 bits per heavy atom. The Bertz CT molecular complexity index is 1440. The summed E-state index contributed by atoms with van der Waals surface area (Å²) in [5, 5.41) is 3.65. The van der Waals surface area contributed by atoms with Gasteiger partial charge in [0.25, 0.3) is 10.0 Å². The van der Waals surface area contributed by atoms with Gasteiger partial charge in [-0.25, -0.2) is 8.42 Å². The Morgan fingerprint density at radius 3 is 2.20 bits per heavy atom. The van der Waals surface area contributed by atoms with E-state index in [-0.39, 0.29) is 23.4 Å². The first-order chi connectivity index (χ1) is 19.5. The zero-order chi connectivity index (χ0) is 30.2. The number of benzene rings is 3. The number of nitrogens with one attached hydrogen (secondary N) is 1. The van der Waals surface area contributed by atoms with Gasteiger partial charge in [-0.15, -0.1) is 0 Å². The molecule has 0 aliphatic rings. The van der Waals surface area contributed by atoms with E-state index >= 15 is 0 Å². The highest BCUT2D eigenvalue weighted by atomic mass is 35.5. The largest absolute Gasteiger partial charge is 0.494 e.